The number of hydrogen-bond acceptors (Lipinski definition) is 4. The fourth-order valence-electron chi connectivity index (χ4n) is 2.29. The standard InChI is InChI=1S/C19H20ClF2N3O3/c1-2-3-17(26)25-13-6-9-15(20)16(10-13)23-11-18(27)24-12-4-7-14(8-5-12)28-19(21)22/h4-10,19,23H,2-3,11H2,1H3,(H,24,27)(H,25,26). The molecule has 150 valence electrons. The molecule has 0 heterocycles. The van der Waals surface area contributed by atoms with E-state index in [0.29, 0.717) is 28.5 Å². The van der Waals surface area contributed by atoms with Gasteiger partial charge in [-0.3, -0.25) is 9.59 Å². The van der Waals surface area contributed by atoms with Gasteiger partial charge in [-0.1, -0.05) is 18.5 Å². The minimum Gasteiger partial charge on any atom is -0.435 e. The average Bonchev–Trinajstić information content (AvgIpc) is 2.63. The second-order valence-electron chi connectivity index (χ2n) is 5.80. The van der Waals surface area contributed by atoms with Gasteiger partial charge in [0.15, 0.2) is 0 Å². The molecule has 0 unspecified atom stereocenters. The number of alkyl halides is 2. The van der Waals surface area contributed by atoms with Gasteiger partial charge in [0.05, 0.1) is 17.3 Å². The Labute approximate surface area is 166 Å². The van der Waals surface area contributed by atoms with Gasteiger partial charge >= 0.3 is 6.61 Å². The van der Waals surface area contributed by atoms with Gasteiger partial charge < -0.3 is 20.7 Å². The summed E-state index contributed by atoms with van der Waals surface area (Å²) in [7, 11) is 0. The molecular weight excluding hydrogens is 392 g/mol. The summed E-state index contributed by atoms with van der Waals surface area (Å²) in [4.78, 5) is 23.8. The quantitative estimate of drug-likeness (QED) is 0.557. The minimum atomic E-state index is -2.91. The zero-order valence-corrected chi connectivity index (χ0v) is 15.9. The normalized spacial score (nSPS) is 10.5. The van der Waals surface area contributed by atoms with Crippen LogP contribution in [0.3, 0.4) is 0 Å². The van der Waals surface area contributed by atoms with Crippen LogP contribution >= 0.6 is 11.6 Å². The van der Waals surface area contributed by atoms with Crippen molar-refractivity contribution in [3.8, 4) is 5.75 Å². The van der Waals surface area contributed by atoms with Crippen LogP contribution in [-0.4, -0.2) is 25.0 Å². The van der Waals surface area contributed by atoms with E-state index in [1.54, 1.807) is 18.2 Å². The molecule has 2 amide bonds. The van der Waals surface area contributed by atoms with E-state index in [9.17, 15) is 18.4 Å². The van der Waals surface area contributed by atoms with Crippen LogP contribution in [0.4, 0.5) is 25.8 Å². The molecular formula is C19H20ClF2N3O3. The maximum atomic E-state index is 12.1. The highest BCUT2D eigenvalue weighted by Crippen LogP contribution is 2.25. The van der Waals surface area contributed by atoms with Gasteiger partial charge in [0, 0.05) is 17.8 Å². The molecule has 28 heavy (non-hydrogen) atoms. The molecule has 0 aliphatic rings. The number of halogens is 3. The molecule has 3 N–H and O–H groups in total. The van der Waals surface area contributed by atoms with Gasteiger partial charge in [0.25, 0.3) is 0 Å². The van der Waals surface area contributed by atoms with Crippen LogP contribution in [-0.2, 0) is 9.59 Å². The number of nitrogens with one attached hydrogen (secondary N) is 3. The fourth-order valence-corrected chi connectivity index (χ4v) is 2.47. The molecule has 0 spiro atoms. The fraction of sp³-hybridized carbons (Fsp3) is 0.263. The minimum absolute atomic E-state index is 0.000147. The number of benzene rings is 2. The summed E-state index contributed by atoms with van der Waals surface area (Å²) in [6, 6.07) is 10.5. The highest BCUT2D eigenvalue weighted by atomic mass is 35.5. The van der Waals surface area contributed by atoms with E-state index in [1.807, 2.05) is 6.92 Å². The SMILES string of the molecule is CCCC(=O)Nc1ccc(Cl)c(NCC(=O)Nc2ccc(OC(F)F)cc2)c1. The molecule has 0 aromatic heterocycles. The van der Waals surface area contributed by atoms with E-state index in [4.69, 9.17) is 11.6 Å². The lowest BCUT2D eigenvalue weighted by Crippen LogP contribution is -2.22. The number of ether oxygens (including phenoxy) is 1. The smallest absolute Gasteiger partial charge is 0.387 e. The molecule has 2 rings (SSSR count). The Kier molecular flexibility index (Phi) is 8.01. The molecule has 0 saturated carbocycles. The monoisotopic (exact) mass is 411 g/mol. The number of rotatable bonds is 9. The zero-order valence-electron chi connectivity index (χ0n) is 15.1. The maximum absolute atomic E-state index is 12.1. The van der Waals surface area contributed by atoms with Crippen molar-refractivity contribution in [3.05, 3.63) is 47.5 Å². The average molecular weight is 412 g/mol. The lowest BCUT2D eigenvalue weighted by atomic mass is 10.2. The largest absolute Gasteiger partial charge is 0.435 e. The van der Waals surface area contributed by atoms with Crippen LogP contribution in [0.2, 0.25) is 5.02 Å². The predicted octanol–water partition coefficient (Wildman–Crippen LogP) is 4.73. The van der Waals surface area contributed by atoms with Crippen LogP contribution < -0.4 is 20.7 Å². The van der Waals surface area contributed by atoms with Crippen molar-refractivity contribution in [1.82, 2.24) is 0 Å². The van der Waals surface area contributed by atoms with E-state index in [1.165, 1.54) is 24.3 Å². The van der Waals surface area contributed by atoms with Crippen LogP contribution in [0.5, 0.6) is 5.75 Å². The first-order chi connectivity index (χ1) is 13.4. The summed E-state index contributed by atoms with van der Waals surface area (Å²) >= 11 is 6.11. The van der Waals surface area contributed by atoms with Crippen LogP contribution in [0, 0.1) is 0 Å². The van der Waals surface area contributed by atoms with E-state index in [-0.39, 0.29) is 24.1 Å². The molecule has 2 aromatic rings. The van der Waals surface area contributed by atoms with Gasteiger partial charge in [0.2, 0.25) is 11.8 Å². The number of anilines is 3. The van der Waals surface area contributed by atoms with E-state index in [0.717, 1.165) is 6.42 Å². The van der Waals surface area contributed by atoms with Crippen molar-refractivity contribution in [2.45, 2.75) is 26.4 Å². The summed E-state index contributed by atoms with van der Waals surface area (Å²) in [6.45, 7) is -1.08. The van der Waals surface area contributed by atoms with E-state index in [2.05, 4.69) is 20.7 Å². The predicted molar refractivity (Wildman–Crippen MR) is 105 cm³/mol. The molecule has 0 saturated heterocycles. The Morgan fingerprint density at radius 3 is 2.32 bits per heavy atom. The van der Waals surface area contributed by atoms with Crippen LogP contribution in [0.25, 0.3) is 0 Å². The summed E-state index contributed by atoms with van der Waals surface area (Å²) in [5, 5.41) is 8.67. The van der Waals surface area contributed by atoms with Crippen molar-refractivity contribution < 1.29 is 23.1 Å². The Hall–Kier alpha value is -2.87. The van der Waals surface area contributed by atoms with Crippen molar-refractivity contribution in [1.29, 1.82) is 0 Å². The number of carbonyl (C=O) groups excluding carboxylic acids is 2. The molecule has 0 aliphatic heterocycles. The third-order valence-electron chi connectivity index (χ3n) is 3.53. The Balaban J connectivity index is 1.90. The third-order valence-corrected chi connectivity index (χ3v) is 3.86. The second kappa shape index (κ2) is 10.5. The number of amides is 2. The van der Waals surface area contributed by atoms with Gasteiger partial charge in [0.1, 0.15) is 5.75 Å². The van der Waals surface area contributed by atoms with Crippen LogP contribution in [0.1, 0.15) is 19.8 Å². The van der Waals surface area contributed by atoms with Crippen molar-refractivity contribution in [3.63, 3.8) is 0 Å². The summed E-state index contributed by atoms with van der Waals surface area (Å²) in [5.74, 6) is -0.466. The summed E-state index contributed by atoms with van der Waals surface area (Å²) < 4.78 is 28.5. The second-order valence-corrected chi connectivity index (χ2v) is 6.20. The lowest BCUT2D eigenvalue weighted by molar-refractivity contribution is -0.116. The van der Waals surface area contributed by atoms with Crippen molar-refractivity contribution in [2.75, 3.05) is 22.5 Å². The van der Waals surface area contributed by atoms with Gasteiger partial charge in [-0.05, 0) is 48.9 Å². The first-order valence-corrected chi connectivity index (χ1v) is 8.93. The molecule has 9 heteroatoms. The van der Waals surface area contributed by atoms with Crippen molar-refractivity contribution in [2.24, 2.45) is 0 Å². The highest BCUT2D eigenvalue weighted by molar-refractivity contribution is 6.33. The Morgan fingerprint density at radius 1 is 1.04 bits per heavy atom. The zero-order chi connectivity index (χ0) is 20.5. The third kappa shape index (κ3) is 7.03. The summed E-state index contributed by atoms with van der Waals surface area (Å²) in [6.07, 6.45) is 1.15. The lowest BCUT2D eigenvalue weighted by Gasteiger charge is -2.12. The molecule has 0 bridgehead atoms. The first kappa shape index (κ1) is 21.4. The first-order valence-electron chi connectivity index (χ1n) is 8.55. The number of hydrogen-bond donors (Lipinski definition) is 3. The molecule has 6 nitrogen and oxygen atoms in total. The molecule has 0 atom stereocenters. The molecule has 0 radical (unpaired) electrons. The summed E-state index contributed by atoms with van der Waals surface area (Å²) in [5.41, 5.74) is 1.49. The van der Waals surface area contributed by atoms with Gasteiger partial charge in [-0.2, -0.15) is 8.78 Å². The van der Waals surface area contributed by atoms with E-state index < -0.39 is 6.61 Å². The van der Waals surface area contributed by atoms with E-state index >= 15 is 0 Å². The van der Waals surface area contributed by atoms with Crippen molar-refractivity contribution >= 4 is 40.5 Å². The maximum Gasteiger partial charge on any atom is 0.387 e. The van der Waals surface area contributed by atoms with Crippen LogP contribution in [0.15, 0.2) is 42.5 Å². The van der Waals surface area contributed by atoms with Gasteiger partial charge in [-0.15, -0.1) is 0 Å². The topological polar surface area (TPSA) is 79.5 Å². The highest BCUT2D eigenvalue weighted by Gasteiger charge is 2.08. The molecule has 2 aromatic carbocycles. The Morgan fingerprint density at radius 2 is 1.68 bits per heavy atom. The molecule has 0 fully saturated rings. The molecule has 0 aliphatic carbocycles. The Bertz CT molecular complexity index is 817. The number of carbonyl (C=O) groups is 2. The van der Waals surface area contributed by atoms with Gasteiger partial charge in [-0.25, -0.2) is 0 Å².